The maximum absolute atomic E-state index is 11.9. The van der Waals surface area contributed by atoms with Crippen molar-refractivity contribution in [3.8, 4) is 0 Å². The molecule has 0 spiro atoms. The van der Waals surface area contributed by atoms with E-state index in [4.69, 9.17) is 0 Å². The van der Waals surface area contributed by atoms with Crippen molar-refractivity contribution < 1.29 is 9.90 Å². The van der Waals surface area contributed by atoms with E-state index in [0.717, 1.165) is 12.8 Å². The van der Waals surface area contributed by atoms with Gasteiger partial charge in [0.05, 0.1) is 6.54 Å². The van der Waals surface area contributed by atoms with Crippen LogP contribution in [0.15, 0.2) is 6.33 Å². The Balaban J connectivity index is 1.95. The van der Waals surface area contributed by atoms with E-state index in [1.165, 1.54) is 0 Å². The zero-order valence-electron chi connectivity index (χ0n) is 10.9. The Bertz CT molecular complexity index is 421. The third-order valence-corrected chi connectivity index (χ3v) is 3.46. The zero-order chi connectivity index (χ0) is 13.2. The smallest absolute Gasteiger partial charge is 0.252 e. The van der Waals surface area contributed by atoms with Crippen LogP contribution in [0.2, 0.25) is 0 Å². The molecule has 0 aromatic carbocycles. The lowest BCUT2D eigenvalue weighted by atomic mass is 10.0. The molecular weight excluding hydrogens is 232 g/mol. The Morgan fingerprint density at radius 1 is 1.56 bits per heavy atom. The molecular formula is C12H20N4O2. The molecule has 1 fully saturated rings. The Morgan fingerprint density at radius 2 is 2.22 bits per heavy atom. The molecule has 100 valence electrons. The van der Waals surface area contributed by atoms with Gasteiger partial charge >= 0.3 is 0 Å². The van der Waals surface area contributed by atoms with Crippen molar-refractivity contribution >= 4 is 5.91 Å². The summed E-state index contributed by atoms with van der Waals surface area (Å²) in [5.41, 5.74) is -1.18. The van der Waals surface area contributed by atoms with E-state index in [2.05, 4.69) is 15.5 Å². The highest BCUT2D eigenvalue weighted by atomic mass is 16.3. The summed E-state index contributed by atoms with van der Waals surface area (Å²) in [4.78, 5) is 11.9. The SMILES string of the molecule is CC(C)n1cnnc1CNC(=O)C1(O)CCCC1. The van der Waals surface area contributed by atoms with Crippen LogP contribution in [0.3, 0.4) is 0 Å². The lowest BCUT2D eigenvalue weighted by Crippen LogP contribution is -2.44. The van der Waals surface area contributed by atoms with Crippen molar-refractivity contribution in [2.45, 2.75) is 57.7 Å². The molecule has 0 radical (unpaired) electrons. The lowest BCUT2D eigenvalue weighted by Gasteiger charge is -2.21. The van der Waals surface area contributed by atoms with Crippen LogP contribution in [-0.2, 0) is 11.3 Å². The number of hydrogen-bond acceptors (Lipinski definition) is 4. The van der Waals surface area contributed by atoms with Gasteiger partial charge in [-0.15, -0.1) is 10.2 Å². The molecule has 1 aliphatic rings. The molecule has 6 nitrogen and oxygen atoms in total. The van der Waals surface area contributed by atoms with Gasteiger partial charge < -0.3 is 15.0 Å². The summed E-state index contributed by atoms with van der Waals surface area (Å²) in [5, 5.41) is 20.7. The first-order valence-electron chi connectivity index (χ1n) is 6.42. The molecule has 1 heterocycles. The van der Waals surface area contributed by atoms with Gasteiger partial charge in [-0.2, -0.15) is 0 Å². The summed E-state index contributed by atoms with van der Waals surface area (Å²) in [6.45, 7) is 4.36. The van der Waals surface area contributed by atoms with E-state index in [0.29, 0.717) is 25.2 Å². The zero-order valence-corrected chi connectivity index (χ0v) is 10.9. The first-order valence-corrected chi connectivity index (χ1v) is 6.42. The van der Waals surface area contributed by atoms with Crippen molar-refractivity contribution in [3.05, 3.63) is 12.2 Å². The minimum absolute atomic E-state index is 0.251. The van der Waals surface area contributed by atoms with Crippen molar-refractivity contribution in [2.75, 3.05) is 0 Å². The van der Waals surface area contributed by atoms with E-state index < -0.39 is 5.60 Å². The minimum Gasteiger partial charge on any atom is -0.380 e. The summed E-state index contributed by atoms with van der Waals surface area (Å²) < 4.78 is 1.90. The topological polar surface area (TPSA) is 80.0 Å². The normalized spacial score (nSPS) is 18.2. The second kappa shape index (κ2) is 5.06. The van der Waals surface area contributed by atoms with E-state index >= 15 is 0 Å². The number of carbonyl (C=O) groups is 1. The highest BCUT2D eigenvalue weighted by Gasteiger charge is 2.38. The second-order valence-corrected chi connectivity index (χ2v) is 5.17. The fourth-order valence-corrected chi connectivity index (χ4v) is 2.34. The van der Waals surface area contributed by atoms with Crippen LogP contribution in [0.5, 0.6) is 0 Å². The number of nitrogens with zero attached hydrogens (tertiary/aromatic N) is 3. The van der Waals surface area contributed by atoms with Gasteiger partial charge in [0.15, 0.2) is 5.82 Å². The van der Waals surface area contributed by atoms with Gasteiger partial charge in [0.1, 0.15) is 11.9 Å². The summed E-state index contributed by atoms with van der Waals surface area (Å²) >= 11 is 0. The molecule has 1 aliphatic carbocycles. The van der Waals surface area contributed by atoms with Crippen LogP contribution in [0, 0.1) is 0 Å². The van der Waals surface area contributed by atoms with Gasteiger partial charge in [0, 0.05) is 6.04 Å². The minimum atomic E-state index is -1.18. The molecule has 2 rings (SSSR count). The molecule has 0 unspecified atom stereocenters. The Hall–Kier alpha value is -1.43. The standard InChI is InChI=1S/C12H20N4O2/c1-9(2)16-8-14-15-10(16)7-13-11(17)12(18)5-3-4-6-12/h8-9,18H,3-7H2,1-2H3,(H,13,17). The van der Waals surface area contributed by atoms with E-state index in [1.807, 2.05) is 18.4 Å². The van der Waals surface area contributed by atoms with Gasteiger partial charge in [0.2, 0.25) is 0 Å². The molecule has 0 atom stereocenters. The second-order valence-electron chi connectivity index (χ2n) is 5.17. The highest BCUT2D eigenvalue weighted by Crippen LogP contribution is 2.29. The number of nitrogens with one attached hydrogen (secondary N) is 1. The van der Waals surface area contributed by atoms with Crippen molar-refractivity contribution in [1.29, 1.82) is 0 Å². The fourth-order valence-electron chi connectivity index (χ4n) is 2.34. The number of amides is 1. The number of aliphatic hydroxyl groups is 1. The average Bonchev–Trinajstić information content (AvgIpc) is 2.95. The van der Waals surface area contributed by atoms with E-state index in [-0.39, 0.29) is 11.9 Å². The third kappa shape index (κ3) is 2.53. The molecule has 18 heavy (non-hydrogen) atoms. The number of hydrogen-bond donors (Lipinski definition) is 2. The van der Waals surface area contributed by atoms with Crippen LogP contribution in [0.1, 0.15) is 51.4 Å². The molecule has 2 N–H and O–H groups in total. The van der Waals surface area contributed by atoms with E-state index in [9.17, 15) is 9.90 Å². The molecule has 1 amide bonds. The first kappa shape index (κ1) is 13.0. The van der Waals surface area contributed by atoms with Crippen LogP contribution in [0.4, 0.5) is 0 Å². The van der Waals surface area contributed by atoms with Crippen molar-refractivity contribution in [2.24, 2.45) is 0 Å². The third-order valence-electron chi connectivity index (χ3n) is 3.46. The predicted molar refractivity (Wildman–Crippen MR) is 65.7 cm³/mol. The van der Waals surface area contributed by atoms with Gasteiger partial charge in [-0.05, 0) is 39.5 Å². The van der Waals surface area contributed by atoms with Crippen molar-refractivity contribution in [1.82, 2.24) is 20.1 Å². The number of rotatable bonds is 4. The Labute approximate surface area is 106 Å². The summed E-state index contributed by atoms with van der Waals surface area (Å²) in [6, 6.07) is 0.251. The summed E-state index contributed by atoms with van der Waals surface area (Å²) in [7, 11) is 0. The van der Waals surface area contributed by atoms with Gasteiger partial charge in [0.25, 0.3) is 5.91 Å². The highest BCUT2D eigenvalue weighted by molar-refractivity contribution is 5.85. The maximum atomic E-state index is 11.9. The van der Waals surface area contributed by atoms with Crippen LogP contribution >= 0.6 is 0 Å². The summed E-state index contributed by atoms with van der Waals surface area (Å²) in [6.07, 6.45) is 4.57. The average molecular weight is 252 g/mol. The van der Waals surface area contributed by atoms with Crippen LogP contribution < -0.4 is 5.32 Å². The molecule has 0 bridgehead atoms. The number of carbonyl (C=O) groups excluding carboxylic acids is 1. The van der Waals surface area contributed by atoms with Gasteiger partial charge in [-0.3, -0.25) is 4.79 Å². The van der Waals surface area contributed by atoms with Crippen LogP contribution in [0.25, 0.3) is 0 Å². The summed E-state index contributed by atoms with van der Waals surface area (Å²) in [5.74, 6) is 0.415. The van der Waals surface area contributed by atoms with Gasteiger partial charge in [-0.25, -0.2) is 0 Å². The lowest BCUT2D eigenvalue weighted by molar-refractivity contribution is -0.139. The maximum Gasteiger partial charge on any atom is 0.252 e. The molecule has 0 aliphatic heterocycles. The van der Waals surface area contributed by atoms with Gasteiger partial charge in [-0.1, -0.05) is 0 Å². The molecule has 1 aromatic heterocycles. The van der Waals surface area contributed by atoms with E-state index in [1.54, 1.807) is 6.33 Å². The molecule has 1 aromatic rings. The molecule has 0 saturated heterocycles. The van der Waals surface area contributed by atoms with Crippen molar-refractivity contribution in [3.63, 3.8) is 0 Å². The predicted octanol–water partition coefficient (Wildman–Crippen LogP) is 0.780. The van der Waals surface area contributed by atoms with Crippen LogP contribution in [-0.4, -0.2) is 31.4 Å². The molecule has 1 saturated carbocycles. The quantitative estimate of drug-likeness (QED) is 0.830. The monoisotopic (exact) mass is 252 g/mol. The Morgan fingerprint density at radius 3 is 2.83 bits per heavy atom. The molecule has 6 heteroatoms. The Kier molecular flexibility index (Phi) is 3.65. The largest absolute Gasteiger partial charge is 0.380 e. The number of aromatic nitrogens is 3. The first-order chi connectivity index (χ1) is 8.53. The fraction of sp³-hybridized carbons (Fsp3) is 0.750.